The molecule has 0 spiro atoms. The second kappa shape index (κ2) is 10.9. The van der Waals surface area contributed by atoms with Crippen molar-refractivity contribution >= 4 is 35.7 Å². The Hall–Kier alpha value is -3.39. The van der Waals surface area contributed by atoms with Crippen molar-refractivity contribution in [3.63, 3.8) is 0 Å². The van der Waals surface area contributed by atoms with E-state index in [-0.39, 0.29) is 10.9 Å². The molecule has 0 unspecified atom stereocenters. The molecule has 0 saturated heterocycles. The summed E-state index contributed by atoms with van der Waals surface area (Å²) in [4.78, 5) is 0. The summed E-state index contributed by atoms with van der Waals surface area (Å²) in [7, 11) is 0. The first kappa shape index (κ1) is 24.7. The zero-order chi connectivity index (χ0) is 24.9. The van der Waals surface area contributed by atoms with Gasteiger partial charge in [-0.2, -0.15) is 0 Å². The molecule has 0 bridgehead atoms. The minimum Gasteiger partial charge on any atom is -0.443 e. The van der Waals surface area contributed by atoms with Gasteiger partial charge in [0, 0.05) is 0 Å². The number of hydrogen-bond donors (Lipinski definition) is 2. The zero-order valence-corrected chi connectivity index (χ0v) is 18.5. The summed E-state index contributed by atoms with van der Waals surface area (Å²) in [5, 5.41) is 20.8. The van der Waals surface area contributed by atoms with Crippen LogP contribution in [0.3, 0.4) is 0 Å². The van der Waals surface area contributed by atoms with Crippen molar-refractivity contribution in [1.29, 1.82) is 0 Å². The van der Waals surface area contributed by atoms with Crippen LogP contribution in [0.1, 0.15) is 11.1 Å². The lowest BCUT2D eigenvalue weighted by Gasteiger charge is -2.11. The molecule has 0 aliphatic rings. The van der Waals surface area contributed by atoms with Crippen molar-refractivity contribution in [2.45, 2.75) is 13.2 Å². The van der Waals surface area contributed by atoms with E-state index in [2.05, 4.69) is 0 Å². The molecule has 0 heterocycles. The number of halogens is 4. The van der Waals surface area contributed by atoms with Gasteiger partial charge < -0.3 is 14.8 Å². The van der Waals surface area contributed by atoms with Crippen LogP contribution in [0.2, 0.25) is 0 Å². The van der Waals surface area contributed by atoms with Crippen molar-refractivity contribution in [3.8, 4) is 0 Å². The Labute approximate surface area is 200 Å². The van der Waals surface area contributed by atoms with E-state index < -0.39 is 37.1 Å². The molecule has 0 atom stereocenters. The van der Waals surface area contributed by atoms with Gasteiger partial charge >= 0.3 is 13.8 Å². The third-order valence-corrected chi connectivity index (χ3v) is 5.65. The standard InChI is InChI=1S/C26H20B2F4O3/c29-23-11-9-21(13-25(23)31)27(33)19-5-1-17(2-6-19)15-35-16-18-3-7-20(8-4-18)28(34)22-10-12-24(30)26(32)14-22/h1-14,33-34H,15-16H2. The smallest absolute Gasteiger partial charge is 0.359 e. The number of rotatable bonds is 8. The van der Waals surface area contributed by atoms with Gasteiger partial charge in [-0.1, -0.05) is 60.7 Å². The van der Waals surface area contributed by atoms with Crippen LogP contribution in [0.5, 0.6) is 0 Å². The minimum atomic E-state index is -1.08. The molecule has 0 aromatic heterocycles. The molecule has 0 fully saturated rings. The van der Waals surface area contributed by atoms with Crippen LogP contribution in [0.25, 0.3) is 0 Å². The second-order valence-electron chi connectivity index (χ2n) is 8.13. The Kier molecular flexibility index (Phi) is 7.70. The van der Waals surface area contributed by atoms with Crippen LogP contribution in [-0.4, -0.2) is 23.9 Å². The molecule has 3 nitrogen and oxygen atoms in total. The van der Waals surface area contributed by atoms with E-state index in [1.807, 2.05) is 0 Å². The van der Waals surface area contributed by atoms with E-state index in [9.17, 15) is 27.6 Å². The Morgan fingerprint density at radius 2 is 0.829 bits per heavy atom. The van der Waals surface area contributed by atoms with Crippen LogP contribution in [0.15, 0.2) is 84.9 Å². The van der Waals surface area contributed by atoms with Crippen molar-refractivity contribution in [2.75, 3.05) is 0 Å². The first-order valence-corrected chi connectivity index (χ1v) is 10.8. The zero-order valence-electron chi connectivity index (χ0n) is 18.5. The van der Waals surface area contributed by atoms with Crippen molar-refractivity contribution < 1.29 is 32.3 Å². The maximum atomic E-state index is 13.4. The maximum Gasteiger partial charge on any atom is 0.359 e. The third kappa shape index (κ3) is 6.00. The average Bonchev–Trinajstić information content (AvgIpc) is 2.87. The van der Waals surface area contributed by atoms with E-state index in [0.29, 0.717) is 24.1 Å². The first-order chi connectivity index (χ1) is 16.8. The summed E-state index contributed by atoms with van der Waals surface area (Å²) in [5.74, 6) is -3.97. The van der Waals surface area contributed by atoms with Crippen LogP contribution < -0.4 is 21.9 Å². The molecule has 176 valence electrons. The van der Waals surface area contributed by atoms with Crippen molar-refractivity contribution in [2.24, 2.45) is 0 Å². The van der Waals surface area contributed by atoms with E-state index in [0.717, 1.165) is 35.4 Å². The van der Waals surface area contributed by atoms with Gasteiger partial charge in [-0.05, 0) is 57.2 Å². The van der Waals surface area contributed by atoms with Gasteiger partial charge in [0.15, 0.2) is 23.3 Å². The third-order valence-electron chi connectivity index (χ3n) is 5.65. The van der Waals surface area contributed by atoms with Gasteiger partial charge in [-0.15, -0.1) is 0 Å². The molecule has 4 aromatic rings. The highest BCUT2D eigenvalue weighted by Crippen LogP contribution is 2.07. The first-order valence-electron chi connectivity index (χ1n) is 10.8. The highest BCUT2D eigenvalue weighted by molar-refractivity contribution is 6.79. The molecule has 35 heavy (non-hydrogen) atoms. The Bertz CT molecular complexity index is 1200. The highest BCUT2D eigenvalue weighted by atomic mass is 19.2. The lowest BCUT2D eigenvalue weighted by Crippen LogP contribution is -2.42. The van der Waals surface area contributed by atoms with E-state index in [1.54, 1.807) is 48.5 Å². The minimum absolute atomic E-state index is 0.256. The number of hydrogen-bond acceptors (Lipinski definition) is 3. The molecular weight excluding hydrogens is 458 g/mol. The quantitative estimate of drug-likeness (QED) is 0.302. The summed E-state index contributed by atoms with van der Waals surface area (Å²) in [6.07, 6.45) is 0. The van der Waals surface area contributed by atoms with E-state index in [4.69, 9.17) is 4.74 Å². The fraction of sp³-hybridized carbons (Fsp3) is 0.0769. The number of benzene rings is 4. The predicted octanol–water partition coefficient (Wildman–Crippen LogP) is 2.16. The molecule has 0 radical (unpaired) electrons. The van der Waals surface area contributed by atoms with Crippen molar-refractivity contribution in [1.82, 2.24) is 0 Å². The van der Waals surface area contributed by atoms with E-state index in [1.165, 1.54) is 12.1 Å². The Morgan fingerprint density at radius 3 is 1.17 bits per heavy atom. The molecular formula is C26H20B2F4O3. The van der Waals surface area contributed by atoms with Gasteiger partial charge in [0.2, 0.25) is 0 Å². The maximum absolute atomic E-state index is 13.4. The largest absolute Gasteiger partial charge is 0.443 e. The number of ether oxygens (including phenoxy) is 1. The highest BCUT2D eigenvalue weighted by Gasteiger charge is 2.20. The topological polar surface area (TPSA) is 49.7 Å². The lowest BCUT2D eigenvalue weighted by molar-refractivity contribution is 0.107. The molecule has 9 heteroatoms. The van der Waals surface area contributed by atoms with Crippen LogP contribution >= 0.6 is 0 Å². The van der Waals surface area contributed by atoms with Gasteiger partial charge in [0.25, 0.3) is 0 Å². The second-order valence-corrected chi connectivity index (χ2v) is 8.13. The molecule has 4 aromatic carbocycles. The average molecular weight is 478 g/mol. The monoisotopic (exact) mass is 478 g/mol. The molecule has 0 amide bonds. The van der Waals surface area contributed by atoms with E-state index >= 15 is 0 Å². The summed E-state index contributed by atoms with van der Waals surface area (Å²) < 4.78 is 58.8. The molecule has 0 saturated carbocycles. The molecule has 2 N–H and O–H groups in total. The molecule has 4 rings (SSSR count). The molecule has 0 aliphatic carbocycles. The summed E-state index contributed by atoms with van der Waals surface area (Å²) in [5.41, 5.74) is 3.30. The fourth-order valence-corrected chi connectivity index (χ4v) is 3.63. The molecule has 0 aliphatic heterocycles. The summed E-state index contributed by atoms with van der Waals surface area (Å²) >= 11 is 0. The van der Waals surface area contributed by atoms with Gasteiger partial charge in [-0.3, -0.25) is 0 Å². The predicted molar refractivity (Wildman–Crippen MR) is 129 cm³/mol. The SMILES string of the molecule is OB(c1ccc(COCc2ccc(B(O)c3ccc(F)c(F)c3)cc2)cc1)c1ccc(F)c(F)c1. The van der Waals surface area contributed by atoms with Crippen LogP contribution in [0.4, 0.5) is 17.6 Å². The summed E-state index contributed by atoms with van der Waals surface area (Å²) in [6.45, 7) is -1.55. The summed E-state index contributed by atoms with van der Waals surface area (Å²) in [6, 6.07) is 20.5. The normalized spacial score (nSPS) is 10.9. The van der Waals surface area contributed by atoms with Crippen LogP contribution in [-0.2, 0) is 18.0 Å². The van der Waals surface area contributed by atoms with Crippen molar-refractivity contribution in [3.05, 3.63) is 119 Å². The van der Waals surface area contributed by atoms with Gasteiger partial charge in [0.1, 0.15) is 0 Å². The Morgan fingerprint density at radius 1 is 0.486 bits per heavy atom. The van der Waals surface area contributed by atoms with Gasteiger partial charge in [-0.25, -0.2) is 17.6 Å². The van der Waals surface area contributed by atoms with Crippen LogP contribution in [0, 0.1) is 23.3 Å². The fourth-order valence-electron chi connectivity index (χ4n) is 3.63. The van der Waals surface area contributed by atoms with Gasteiger partial charge in [0.05, 0.1) is 13.2 Å². The lowest BCUT2D eigenvalue weighted by atomic mass is 9.56. The Balaban J connectivity index is 1.31.